The van der Waals surface area contributed by atoms with Crippen LogP contribution in [-0.4, -0.2) is 11.0 Å². The first-order chi connectivity index (χ1) is 9.49. The number of nitrogens with zero attached hydrogens (tertiary/aromatic N) is 1. The van der Waals surface area contributed by atoms with Gasteiger partial charge < -0.3 is 5.32 Å². The molecule has 1 heterocycles. The van der Waals surface area contributed by atoms with Crippen LogP contribution in [0.15, 0.2) is 53.3 Å². The first-order valence-electron chi connectivity index (χ1n) is 6.91. The molecule has 0 saturated carbocycles. The lowest BCUT2D eigenvalue weighted by atomic mass is 9.79. The normalized spacial score (nSPS) is 13.0. The highest BCUT2D eigenvalue weighted by molar-refractivity contribution is 9.10. The standard InChI is InChI=1S/C17H21BrN2/c1-13(20-15-10-7-11-19-16(15)18)12-17(2,3)14-8-5-4-6-9-14/h4-11,13,20H,12H2,1-3H3. The van der Waals surface area contributed by atoms with E-state index in [0.717, 1.165) is 16.7 Å². The molecule has 0 amide bonds. The third-order valence-corrected chi connectivity index (χ3v) is 4.16. The summed E-state index contributed by atoms with van der Waals surface area (Å²) in [6.07, 6.45) is 2.84. The third kappa shape index (κ3) is 3.83. The van der Waals surface area contributed by atoms with Gasteiger partial charge in [-0.3, -0.25) is 0 Å². The average Bonchev–Trinajstić information content (AvgIpc) is 2.42. The summed E-state index contributed by atoms with van der Waals surface area (Å²) in [5, 5.41) is 3.53. The van der Waals surface area contributed by atoms with Crippen LogP contribution >= 0.6 is 15.9 Å². The molecule has 0 fully saturated rings. The van der Waals surface area contributed by atoms with Gasteiger partial charge in [-0.25, -0.2) is 4.98 Å². The van der Waals surface area contributed by atoms with Crippen molar-refractivity contribution in [1.29, 1.82) is 0 Å². The zero-order valence-corrected chi connectivity index (χ0v) is 13.8. The smallest absolute Gasteiger partial charge is 0.129 e. The minimum Gasteiger partial charge on any atom is -0.380 e. The van der Waals surface area contributed by atoms with E-state index in [9.17, 15) is 0 Å². The highest BCUT2D eigenvalue weighted by atomic mass is 79.9. The molecule has 0 aliphatic heterocycles. The number of benzene rings is 1. The summed E-state index contributed by atoms with van der Waals surface area (Å²) in [4.78, 5) is 4.24. The number of anilines is 1. The fourth-order valence-corrected chi connectivity index (χ4v) is 2.95. The van der Waals surface area contributed by atoms with E-state index in [1.807, 2.05) is 12.1 Å². The van der Waals surface area contributed by atoms with Gasteiger partial charge in [0.15, 0.2) is 0 Å². The van der Waals surface area contributed by atoms with Gasteiger partial charge in [-0.2, -0.15) is 0 Å². The maximum absolute atomic E-state index is 4.24. The van der Waals surface area contributed by atoms with Gasteiger partial charge in [0.25, 0.3) is 0 Å². The maximum atomic E-state index is 4.24. The van der Waals surface area contributed by atoms with Gasteiger partial charge in [0.05, 0.1) is 5.69 Å². The summed E-state index contributed by atoms with van der Waals surface area (Å²) >= 11 is 3.48. The van der Waals surface area contributed by atoms with Crippen LogP contribution in [0.2, 0.25) is 0 Å². The van der Waals surface area contributed by atoms with Gasteiger partial charge in [0, 0.05) is 12.2 Å². The number of pyridine rings is 1. The Morgan fingerprint density at radius 1 is 1.15 bits per heavy atom. The maximum Gasteiger partial charge on any atom is 0.129 e. The fourth-order valence-electron chi connectivity index (χ4n) is 2.58. The number of nitrogens with one attached hydrogen (secondary N) is 1. The molecule has 1 N–H and O–H groups in total. The van der Waals surface area contributed by atoms with Crippen LogP contribution in [0, 0.1) is 0 Å². The first-order valence-corrected chi connectivity index (χ1v) is 7.71. The Morgan fingerprint density at radius 2 is 1.85 bits per heavy atom. The van der Waals surface area contributed by atoms with Crippen molar-refractivity contribution in [3.63, 3.8) is 0 Å². The lowest BCUT2D eigenvalue weighted by molar-refractivity contribution is 0.450. The molecule has 1 aromatic heterocycles. The summed E-state index contributed by atoms with van der Waals surface area (Å²) < 4.78 is 0.865. The van der Waals surface area contributed by atoms with E-state index in [1.54, 1.807) is 6.20 Å². The molecule has 2 nitrogen and oxygen atoms in total. The van der Waals surface area contributed by atoms with Crippen molar-refractivity contribution in [2.24, 2.45) is 0 Å². The second kappa shape index (κ2) is 6.40. The van der Waals surface area contributed by atoms with Crippen molar-refractivity contribution in [3.8, 4) is 0 Å². The summed E-state index contributed by atoms with van der Waals surface area (Å²) in [5.74, 6) is 0. The molecule has 2 rings (SSSR count). The van der Waals surface area contributed by atoms with Crippen LogP contribution in [0.5, 0.6) is 0 Å². The van der Waals surface area contributed by atoms with Crippen molar-refractivity contribution < 1.29 is 0 Å². The Balaban J connectivity index is 2.04. The minimum atomic E-state index is 0.141. The van der Waals surface area contributed by atoms with E-state index >= 15 is 0 Å². The van der Waals surface area contributed by atoms with Gasteiger partial charge >= 0.3 is 0 Å². The number of halogens is 1. The summed E-state index contributed by atoms with van der Waals surface area (Å²) in [6.45, 7) is 6.79. The van der Waals surface area contributed by atoms with Crippen molar-refractivity contribution in [2.45, 2.75) is 38.6 Å². The highest BCUT2D eigenvalue weighted by Gasteiger charge is 2.23. The Labute approximate surface area is 129 Å². The van der Waals surface area contributed by atoms with Crippen molar-refractivity contribution in [1.82, 2.24) is 4.98 Å². The van der Waals surface area contributed by atoms with Crippen LogP contribution in [0.1, 0.15) is 32.8 Å². The molecule has 0 saturated heterocycles. The molecule has 0 bridgehead atoms. The molecular weight excluding hydrogens is 312 g/mol. The predicted molar refractivity (Wildman–Crippen MR) is 89.1 cm³/mol. The topological polar surface area (TPSA) is 24.9 Å². The summed E-state index contributed by atoms with van der Waals surface area (Å²) in [7, 11) is 0. The molecule has 0 spiro atoms. The number of hydrogen-bond donors (Lipinski definition) is 1. The van der Waals surface area contributed by atoms with Crippen molar-refractivity contribution in [3.05, 3.63) is 58.8 Å². The SMILES string of the molecule is CC(CC(C)(C)c1ccccc1)Nc1cccnc1Br. The highest BCUT2D eigenvalue weighted by Crippen LogP contribution is 2.30. The van der Waals surface area contributed by atoms with Crippen LogP contribution in [-0.2, 0) is 5.41 Å². The van der Waals surface area contributed by atoms with E-state index < -0.39 is 0 Å². The number of hydrogen-bond acceptors (Lipinski definition) is 2. The predicted octanol–water partition coefficient (Wildman–Crippen LogP) is 5.01. The van der Waals surface area contributed by atoms with Crippen molar-refractivity contribution >= 4 is 21.6 Å². The Kier molecular flexibility index (Phi) is 4.81. The third-order valence-electron chi connectivity index (χ3n) is 3.53. The Morgan fingerprint density at radius 3 is 2.50 bits per heavy atom. The number of rotatable bonds is 5. The number of aromatic nitrogens is 1. The van der Waals surface area contributed by atoms with Gasteiger partial charge in [-0.05, 0) is 52.4 Å². The zero-order chi connectivity index (χ0) is 14.6. The Hall–Kier alpha value is -1.35. The van der Waals surface area contributed by atoms with Crippen molar-refractivity contribution in [2.75, 3.05) is 5.32 Å². The lowest BCUT2D eigenvalue weighted by Gasteiger charge is -2.29. The lowest BCUT2D eigenvalue weighted by Crippen LogP contribution is -2.28. The van der Waals surface area contributed by atoms with E-state index in [1.165, 1.54) is 5.56 Å². The monoisotopic (exact) mass is 332 g/mol. The van der Waals surface area contributed by atoms with E-state index in [4.69, 9.17) is 0 Å². The van der Waals surface area contributed by atoms with E-state index in [2.05, 4.69) is 77.3 Å². The first kappa shape index (κ1) is 15.0. The molecule has 0 aliphatic rings. The zero-order valence-electron chi connectivity index (χ0n) is 12.2. The second-order valence-electron chi connectivity index (χ2n) is 5.84. The van der Waals surface area contributed by atoms with E-state index in [0.29, 0.717) is 6.04 Å². The summed E-state index contributed by atoms with van der Waals surface area (Å²) in [6, 6.07) is 15.0. The molecule has 0 radical (unpaired) electrons. The van der Waals surface area contributed by atoms with Gasteiger partial charge in [0.1, 0.15) is 4.60 Å². The average molecular weight is 333 g/mol. The van der Waals surface area contributed by atoms with Gasteiger partial charge in [-0.15, -0.1) is 0 Å². The molecular formula is C17H21BrN2. The molecule has 0 aliphatic carbocycles. The summed E-state index contributed by atoms with van der Waals surface area (Å²) in [5.41, 5.74) is 2.56. The molecule has 20 heavy (non-hydrogen) atoms. The second-order valence-corrected chi connectivity index (χ2v) is 6.59. The minimum absolute atomic E-state index is 0.141. The molecule has 106 valence electrons. The van der Waals surface area contributed by atoms with Crippen LogP contribution in [0.4, 0.5) is 5.69 Å². The Bertz CT molecular complexity index is 552. The van der Waals surface area contributed by atoms with E-state index in [-0.39, 0.29) is 5.41 Å². The quantitative estimate of drug-likeness (QED) is 0.778. The molecule has 1 atom stereocenters. The fraction of sp³-hybridized carbons (Fsp3) is 0.353. The van der Waals surface area contributed by atoms with Crippen LogP contribution in [0.25, 0.3) is 0 Å². The van der Waals surface area contributed by atoms with Crippen LogP contribution in [0.3, 0.4) is 0 Å². The van der Waals surface area contributed by atoms with Gasteiger partial charge in [0.2, 0.25) is 0 Å². The molecule has 1 unspecified atom stereocenters. The molecule has 1 aromatic carbocycles. The molecule has 2 aromatic rings. The largest absolute Gasteiger partial charge is 0.380 e. The molecule has 3 heteroatoms. The van der Waals surface area contributed by atoms with Crippen LogP contribution < -0.4 is 5.32 Å². The van der Waals surface area contributed by atoms with Gasteiger partial charge in [-0.1, -0.05) is 44.2 Å².